The minimum absolute atomic E-state index is 0. The van der Waals surface area contributed by atoms with Gasteiger partial charge in [0.2, 0.25) is 0 Å². The van der Waals surface area contributed by atoms with Gasteiger partial charge in [0, 0.05) is 24.5 Å². The van der Waals surface area contributed by atoms with Gasteiger partial charge in [-0.25, -0.2) is 4.99 Å². The molecule has 144 valence electrons. The molecule has 0 bridgehead atoms. The van der Waals surface area contributed by atoms with Crippen LogP contribution in [-0.2, 0) is 5.60 Å². The lowest BCUT2D eigenvalue weighted by Crippen LogP contribution is -2.41. The molecule has 0 radical (unpaired) electrons. The number of likely N-dealkylation sites (tertiary alicyclic amines) is 1. The monoisotopic (exact) mass is 480 g/mol. The van der Waals surface area contributed by atoms with Crippen LogP contribution in [-0.4, -0.2) is 55.2 Å². The number of aliphatic hydroxyl groups is 1. The van der Waals surface area contributed by atoms with Crippen LogP contribution in [0.4, 0.5) is 0 Å². The van der Waals surface area contributed by atoms with Crippen LogP contribution in [0.3, 0.4) is 0 Å². The molecule has 0 aliphatic carbocycles. The molecule has 7 heteroatoms. The van der Waals surface area contributed by atoms with E-state index in [0.717, 1.165) is 23.9 Å². The van der Waals surface area contributed by atoms with Crippen LogP contribution < -0.4 is 10.6 Å². The SMILES string of the molecule is CCCN1CCC(CNC(=NCC(C)(O)c2cccs2)NCC)C1.I. The Hall–Kier alpha value is -0.380. The number of halogens is 1. The number of rotatable bonds is 8. The third-order valence-corrected chi connectivity index (χ3v) is 5.53. The van der Waals surface area contributed by atoms with Gasteiger partial charge in [-0.3, -0.25) is 0 Å². The quantitative estimate of drug-likeness (QED) is 0.304. The molecule has 0 spiro atoms. The van der Waals surface area contributed by atoms with Gasteiger partial charge < -0.3 is 20.6 Å². The minimum Gasteiger partial charge on any atom is -0.383 e. The fourth-order valence-corrected chi connectivity index (χ4v) is 3.86. The Morgan fingerprint density at radius 2 is 2.24 bits per heavy atom. The second-order valence-corrected chi connectivity index (χ2v) is 7.73. The van der Waals surface area contributed by atoms with Crippen molar-refractivity contribution in [2.45, 2.75) is 39.2 Å². The van der Waals surface area contributed by atoms with Crippen LogP contribution in [0, 0.1) is 5.92 Å². The highest BCUT2D eigenvalue weighted by Crippen LogP contribution is 2.25. The molecule has 1 aliphatic heterocycles. The van der Waals surface area contributed by atoms with Crippen molar-refractivity contribution in [2.24, 2.45) is 10.9 Å². The first-order valence-corrected chi connectivity index (χ1v) is 9.94. The predicted molar refractivity (Wildman–Crippen MR) is 118 cm³/mol. The summed E-state index contributed by atoms with van der Waals surface area (Å²) in [5.41, 5.74) is -0.915. The maximum Gasteiger partial charge on any atom is 0.191 e. The molecule has 2 atom stereocenters. The fourth-order valence-electron chi connectivity index (χ4n) is 3.08. The van der Waals surface area contributed by atoms with Gasteiger partial charge in [0.25, 0.3) is 0 Å². The van der Waals surface area contributed by atoms with E-state index in [1.165, 1.54) is 32.5 Å². The maximum absolute atomic E-state index is 10.6. The van der Waals surface area contributed by atoms with E-state index in [1.54, 1.807) is 11.3 Å². The van der Waals surface area contributed by atoms with Crippen LogP contribution in [0.15, 0.2) is 22.5 Å². The predicted octanol–water partition coefficient (Wildman–Crippen LogP) is 2.86. The van der Waals surface area contributed by atoms with Crippen LogP contribution in [0.1, 0.15) is 38.5 Å². The molecule has 1 saturated heterocycles. The number of hydrogen-bond acceptors (Lipinski definition) is 4. The summed E-state index contributed by atoms with van der Waals surface area (Å²) in [5, 5.41) is 19.3. The average molecular weight is 480 g/mol. The number of hydrogen-bond donors (Lipinski definition) is 3. The zero-order valence-electron chi connectivity index (χ0n) is 15.6. The minimum atomic E-state index is -0.915. The Morgan fingerprint density at radius 3 is 2.88 bits per heavy atom. The Balaban J connectivity index is 0.00000312. The number of thiophene rings is 1. The van der Waals surface area contributed by atoms with Crippen molar-refractivity contribution in [2.75, 3.05) is 39.3 Å². The molecule has 25 heavy (non-hydrogen) atoms. The fraction of sp³-hybridized carbons (Fsp3) is 0.722. The summed E-state index contributed by atoms with van der Waals surface area (Å²) in [4.78, 5) is 8.09. The van der Waals surface area contributed by atoms with Gasteiger partial charge in [0.1, 0.15) is 5.60 Å². The topological polar surface area (TPSA) is 59.9 Å². The lowest BCUT2D eigenvalue weighted by molar-refractivity contribution is 0.0711. The summed E-state index contributed by atoms with van der Waals surface area (Å²) in [5.74, 6) is 1.47. The van der Waals surface area contributed by atoms with E-state index in [-0.39, 0.29) is 24.0 Å². The Morgan fingerprint density at radius 1 is 1.44 bits per heavy atom. The lowest BCUT2D eigenvalue weighted by Gasteiger charge is -2.21. The van der Waals surface area contributed by atoms with Crippen molar-refractivity contribution in [1.29, 1.82) is 0 Å². The molecule has 0 amide bonds. The van der Waals surface area contributed by atoms with Crippen molar-refractivity contribution in [1.82, 2.24) is 15.5 Å². The largest absolute Gasteiger partial charge is 0.383 e. The molecule has 2 unspecified atom stereocenters. The van der Waals surface area contributed by atoms with E-state index in [4.69, 9.17) is 0 Å². The molecule has 1 fully saturated rings. The Labute approximate surface area is 173 Å². The van der Waals surface area contributed by atoms with Gasteiger partial charge in [0.15, 0.2) is 5.96 Å². The van der Waals surface area contributed by atoms with Gasteiger partial charge >= 0.3 is 0 Å². The van der Waals surface area contributed by atoms with E-state index in [0.29, 0.717) is 12.5 Å². The van der Waals surface area contributed by atoms with Crippen molar-refractivity contribution in [3.8, 4) is 0 Å². The summed E-state index contributed by atoms with van der Waals surface area (Å²) < 4.78 is 0. The number of nitrogens with zero attached hydrogens (tertiary/aromatic N) is 2. The molecular formula is C18H33IN4OS. The van der Waals surface area contributed by atoms with Crippen molar-refractivity contribution in [3.05, 3.63) is 22.4 Å². The van der Waals surface area contributed by atoms with Gasteiger partial charge in [-0.05, 0) is 57.1 Å². The average Bonchev–Trinajstić information content (AvgIpc) is 3.22. The lowest BCUT2D eigenvalue weighted by atomic mass is 10.1. The molecule has 5 nitrogen and oxygen atoms in total. The van der Waals surface area contributed by atoms with Crippen LogP contribution >= 0.6 is 35.3 Å². The molecule has 1 aliphatic rings. The molecule has 1 aromatic heterocycles. The highest BCUT2D eigenvalue weighted by atomic mass is 127. The first-order chi connectivity index (χ1) is 11.5. The van der Waals surface area contributed by atoms with Gasteiger partial charge in [0.05, 0.1) is 6.54 Å². The van der Waals surface area contributed by atoms with Gasteiger partial charge in [-0.15, -0.1) is 35.3 Å². The molecule has 1 aromatic rings. The molecule has 0 saturated carbocycles. The third kappa shape index (κ3) is 7.40. The summed E-state index contributed by atoms with van der Waals surface area (Å²) in [6.45, 7) is 11.8. The van der Waals surface area contributed by atoms with Gasteiger partial charge in [-0.2, -0.15) is 0 Å². The zero-order valence-corrected chi connectivity index (χ0v) is 18.8. The molecule has 2 rings (SSSR count). The van der Waals surface area contributed by atoms with E-state index in [9.17, 15) is 5.11 Å². The van der Waals surface area contributed by atoms with E-state index >= 15 is 0 Å². The molecule has 2 heterocycles. The standard InChI is InChI=1S/C18H32N4OS.HI/c1-4-9-22-10-8-15(13-22)12-20-17(19-5-2)21-14-18(3,23)16-7-6-11-24-16;/h6-7,11,15,23H,4-5,8-10,12-14H2,1-3H3,(H2,19,20,21);1H. The van der Waals surface area contributed by atoms with Crippen LogP contribution in [0.5, 0.6) is 0 Å². The van der Waals surface area contributed by atoms with Crippen molar-refractivity contribution in [3.63, 3.8) is 0 Å². The maximum atomic E-state index is 10.6. The first-order valence-electron chi connectivity index (χ1n) is 9.06. The summed E-state index contributed by atoms with van der Waals surface area (Å²) in [6, 6.07) is 3.92. The smallest absolute Gasteiger partial charge is 0.191 e. The second-order valence-electron chi connectivity index (χ2n) is 6.78. The van der Waals surface area contributed by atoms with Crippen molar-refractivity contribution < 1.29 is 5.11 Å². The molecule has 0 aromatic carbocycles. The normalized spacial score (nSPS) is 20.8. The third-order valence-electron chi connectivity index (χ3n) is 4.41. The Bertz CT molecular complexity index is 507. The van der Waals surface area contributed by atoms with Crippen LogP contribution in [0.2, 0.25) is 0 Å². The van der Waals surface area contributed by atoms with Gasteiger partial charge in [-0.1, -0.05) is 13.0 Å². The highest BCUT2D eigenvalue weighted by Gasteiger charge is 2.24. The van der Waals surface area contributed by atoms with E-state index in [2.05, 4.69) is 34.4 Å². The summed E-state index contributed by atoms with van der Waals surface area (Å²) in [7, 11) is 0. The number of nitrogens with one attached hydrogen (secondary N) is 2. The highest BCUT2D eigenvalue weighted by molar-refractivity contribution is 14.0. The Kier molecular flexibility index (Phi) is 10.3. The second kappa shape index (κ2) is 11.4. The first kappa shape index (κ1) is 22.7. The van der Waals surface area contributed by atoms with E-state index < -0.39 is 5.60 Å². The number of aliphatic imine (C=N–C) groups is 1. The van der Waals surface area contributed by atoms with E-state index in [1.807, 2.05) is 24.4 Å². The van der Waals surface area contributed by atoms with Crippen LogP contribution in [0.25, 0.3) is 0 Å². The van der Waals surface area contributed by atoms with Crippen molar-refractivity contribution >= 4 is 41.3 Å². The molecular weight excluding hydrogens is 447 g/mol. The zero-order chi connectivity index (χ0) is 17.4. The summed E-state index contributed by atoms with van der Waals surface area (Å²) >= 11 is 1.57. The molecule has 3 N–H and O–H groups in total. The number of guanidine groups is 1. The summed E-state index contributed by atoms with van der Waals surface area (Å²) in [6.07, 6.45) is 2.47.